The molecule has 1 atom stereocenters. The molecule has 10 heavy (non-hydrogen) atoms. The topological polar surface area (TPSA) is 66.8 Å². The number of aliphatic hydroxyl groups is 2. The van der Waals surface area contributed by atoms with E-state index in [0.717, 1.165) is 0 Å². The zero-order valence-corrected chi connectivity index (χ0v) is 8.20. The standard InChI is InChI=1S/C5H10O4.Na.H/c1-4(7)9-3-5(8)2-6;;/h5-6,8H,2-3H2,1H3;;/q;+1;-1. The van der Waals surface area contributed by atoms with Crippen LogP contribution in [0.5, 0.6) is 0 Å². The third-order valence-corrected chi connectivity index (χ3v) is 0.690. The van der Waals surface area contributed by atoms with E-state index in [1.165, 1.54) is 6.92 Å². The van der Waals surface area contributed by atoms with Crippen LogP contribution in [0.1, 0.15) is 8.35 Å². The van der Waals surface area contributed by atoms with Crippen LogP contribution < -0.4 is 29.6 Å². The van der Waals surface area contributed by atoms with Gasteiger partial charge in [-0.1, -0.05) is 0 Å². The Hall–Kier alpha value is 0.390. The van der Waals surface area contributed by atoms with Gasteiger partial charge in [-0.15, -0.1) is 0 Å². The Balaban J connectivity index is -0.000000320. The molecule has 0 aromatic heterocycles. The van der Waals surface area contributed by atoms with Crippen molar-refractivity contribution in [3.63, 3.8) is 0 Å². The van der Waals surface area contributed by atoms with Crippen molar-refractivity contribution >= 4 is 5.97 Å². The smallest absolute Gasteiger partial charge is 1.00 e. The molecule has 1 unspecified atom stereocenters. The molecule has 0 bridgehead atoms. The third-order valence-electron chi connectivity index (χ3n) is 0.690. The predicted octanol–water partition coefficient (Wildman–Crippen LogP) is -3.98. The van der Waals surface area contributed by atoms with Gasteiger partial charge in [-0.05, 0) is 0 Å². The molecule has 0 aliphatic heterocycles. The fourth-order valence-corrected chi connectivity index (χ4v) is 0.266. The minimum Gasteiger partial charge on any atom is -1.00 e. The van der Waals surface area contributed by atoms with Crippen LogP contribution in [-0.2, 0) is 9.53 Å². The van der Waals surface area contributed by atoms with Crippen LogP contribution in [0.15, 0.2) is 0 Å². The zero-order valence-electron chi connectivity index (χ0n) is 7.20. The molecule has 0 amide bonds. The van der Waals surface area contributed by atoms with Gasteiger partial charge in [0.05, 0.1) is 6.61 Å². The second kappa shape index (κ2) is 7.50. The molecule has 0 saturated heterocycles. The second-order valence-electron chi connectivity index (χ2n) is 1.64. The van der Waals surface area contributed by atoms with Gasteiger partial charge in [-0.3, -0.25) is 4.79 Å². The minimum atomic E-state index is -0.950. The van der Waals surface area contributed by atoms with E-state index in [0.29, 0.717) is 0 Å². The number of carbonyl (C=O) groups is 1. The number of hydrogen-bond donors (Lipinski definition) is 2. The van der Waals surface area contributed by atoms with E-state index in [1.54, 1.807) is 0 Å². The Kier molecular flexibility index (Phi) is 9.76. The van der Waals surface area contributed by atoms with Crippen molar-refractivity contribution in [1.82, 2.24) is 0 Å². The van der Waals surface area contributed by atoms with Crippen LogP contribution >= 0.6 is 0 Å². The maximum atomic E-state index is 10.0. The van der Waals surface area contributed by atoms with Gasteiger partial charge in [0, 0.05) is 6.92 Å². The number of ether oxygens (including phenoxy) is 1. The minimum absolute atomic E-state index is 0. The third kappa shape index (κ3) is 8.39. The zero-order chi connectivity index (χ0) is 7.28. The molecular weight excluding hydrogens is 147 g/mol. The average molecular weight is 158 g/mol. The molecule has 0 aromatic rings. The van der Waals surface area contributed by atoms with Gasteiger partial charge in [0.25, 0.3) is 0 Å². The molecule has 0 radical (unpaired) electrons. The number of esters is 1. The fraction of sp³-hybridized carbons (Fsp3) is 0.800. The molecule has 5 heteroatoms. The van der Waals surface area contributed by atoms with Gasteiger partial charge in [-0.2, -0.15) is 0 Å². The molecule has 0 aliphatic carbocycles. The van der Waals surface area contributed by atoms with Gasteiger partial charge < -0.3 is 16.4 Å². The van der Waals surface area contributed by atoms with Gasteiger partial charge in [-0.25, -0.2) is 0 Å². The Morgan fingerprint density at radius 2 is 2.30 bits per heavy atom. The van der Waals surface area contributed by atoms with E-state index < -0.39 is 12.1 Å². The summed E-state index contributed by atoms with van der Waals surface area (Å²) in [7, 11) is 0. The average Bonchev–Trinajstić information content (AvgIpc) is 1.83. The van der Waals surface area contributed by atoms with E-state index in [2.05, 4.69) is 4.74 Å². The first-order valence-corrected chi connectivity index (χ1v) is 2.59. The number of rotatable bonds is 3. The predicted molar refractivity (Wildman–Crippen MR) is 30.8 cm³/mol. The van der Waals surface area contributed by atoms with E-state index in [4.69, 9.17) is 10.2 Å². The van der Waals surface area contributed by atoms with Crippen molar-refractivity contribution in [3.05, 3.63) is 0 Å². The molecule has 0 fully saturated rings. The van der Waals surface area contributed by atoms with E-state index in [9.17, 15) is 4.79 Å². The Bertz CT molecular complexity index is 100. The Morgan fingerprint density at radius 1 is 1.80 bits per heavy atom. The van der Waals surface area contributed by atoms with Crippen molar-refractivity contribution in [3.8, 4) is 0 Å². The molecular formula is C5H11NaO4. The SMILES string of the molecule is CC(=O)OCC(O)CO.[H-].[Na+]. The molecule has 0 aromatic carbocycles. The van der Waals surface area contributed by atoms with Crippen molar-refractivity contribution < 1.29 is 50.7 Å². The molecule has 0 aliphatic rings. The second-order valence-corrected chi connectivity index (χ2v) is 1.64. The van der Waals surface area contributed by atoms with Crippen molar-refractivity contribution in [2.75, 3.05) is 13.2 Å². The summed E-state index contributed by atoms with van der Waals surface area (Å²) in [5, 5.41) is 16.8. The van der Waals surface area contributed by atoms with Crippen molar-refractivity contribution in [2.24, 2.45) is 0 Å². The monoisotopic (exact) mass is 158 g/mol. The summed E-state index contributed by atoms with van der Waals surface area (Å²) in [5.41, 5.74) is 0. The molecule has 4 nitrogen and oxygen atoms in total. The quantitative estimate of drug-likeness (QED) is 0.325. The summed E-state index contributed by atoms with van der Waals surface area (Å²) in [5.74, 6) is -0.456. The molecule has 0 rings (SSSR count). The Morgan fingerprint density at radius 3 is 2.60 bits per heavy atom. The van der Waals surface area contributed by atoms with Gasteiger partial charge in [0.1, 0.15) is 12.7 Å². The van der Waals surface area contributed by atoms with E-state index >= 15 is 0 Å². The maximum Gasteiger partial charge on any atom is 1.00 e. The van der Waals surface area contributed by atoms with Gasteiger partial charge in [0.15, 0.2) is 0 Å². The van der Waals surface area contributed by atoms with Crippen LogP contribution in [0.3, 0.4) is 0 Å². The first kappa shape index (κ1) is 13.0. The maximum absolute atomic E-state index is 10.0. The normalized spacial score (nSPS) is 11.5. The number of hydrogen-bond acceptors (Lipinski definition) is 4. The number of carbonyl (C=O) groups excluding carboxylic acids is 1. The van der Waals surface area contributed by atoms with Crippen LogP contribution in [0.2, 0.25) is 0 Å². The summed E-state index contributed by atoms with van der Waals surface area (Å²) in [6.45, 7) is 0.725. The fourth-order valence-electron chi connectivity index (χ4n) is 0.266. The molecule has 2 N–H and O–H groups in total. The van der Waals surface area contributed by atoms with Crippen molar-refractivity contribution in [2.45, 2.75) is 13.0 Å². The Labute approximate surface area is 83.0 Å². The molecule has 0 saturated carbocycles. The van der Waals surface area contributed by atoms with Gasteiger partial charge in [0.2, 0.25) is 0 Å². The first-order chi connectivity index (χ1) is 4.16. The van der Waals surface area contributed by atoms with E-state index in [-0.39, 0.29) is 44.2 Å². The largest absolute Gasteiger partial charge is 1.00 e. The van der Waals surface area contributed by atoms with Crippen molar-refractivity contribution in [1.29, 1.82) is 0 Å². The summed E-state index contributed by atoms with van der Waals surface area (Å²) >= 11 is 0. The molecule has 56 valence electrons. The van der Waals surface area contributed by atoms with Crippen LogP contribution in [-0.4, -0.2) is 35.5 Å². The number of aliphatic hydroxyl groups excluding tert-OH is 2. The first-order valence-electron chi connectivity index (χ1n) is 2.59. The molecule has 0 heterocycles. The van der Waals surface area contributed by atoms with Crippen LogP contribution in [0, 0.1) is 0 Å². The summed E-state index contributed by atoms with van der Waals surface area (Å²) in [6, 6.07) is 0. The summed E-state index contributed by atoms with van der Waals surface area (Å²) in [4.78, 5) is 10.0. The summed E-state index contributed by atoms with van der Waals surface area (Å²) < 4.78 is 4.35. The molecule has 0 spiro atoms. The van der Waals surface area contributed by atoms with E-state index in [1.807, 2.05) is 0 Å². The van der Waals surface area contributed by atoms with Gasteiger partial charge >= 0.3 is 35.5 Å². The summed E-state index contributed by atoms with van der Waals surface area (Å²) in [6.07, 6.45) is -0.950. The van der Waals surface area contributed by atoms with Crippen LogP contribution in [0.4, 0.5) is 0 Å². The van der Waals surface area contributed by atoms with Crippen LogP contribution in [0.25, 0.3) is 0 Å².